The fourth-order valence-corrected chi connectivity index (χ4v) is 13.1. The molecule has 0 amide bonds. The second kappa shape index (κ2) is 17.2. The van der Waals surface area contributed by atoms with Crippen LogP contribution < -0.4 is 4.90 Å². The lowest BCUT2D eigenvalue weighted by Crippen LogP contribution is -2.34. The van der Waals surface area contributed by atoms with Gasteiger partial charge in [0.25, 0.3) is 0 Å². The Morgan fingerprint density at radius 1 is 0.421 bits per heavy atom. The zero-order chi connectivity index (χ0) is 52.5. The summed E-state index contributed by atoms with van der Waals surface area (Å²) in [4.78, 5) is 12.5. The second-order valence-corrected chi connectivity index (χ2v) is 24.3. The molecule has 9 aromatic rings. The van der Waals surface area contributed by atoms with Crippen molar-refractivity contribution < 1.29 is 10.2 Å². The van der Waals surface area contributed by atoms with Crippen molar-refractivity contribution in [2.24, 2.45) is 4.99 Å². The third-order valence-corrected chi connectivity index (χ3v) is 17.8. The Morgan fingerprint density at radius 3 is 1.29 bits per heavy atom. The van der Waals surface area contributed by atoms with Crippen LogP contribution in [0, 0.1) is 0 Å². The van der Waals surface area contributed by atoms with Gasteiger partial charge in [-0.25, -0.2) is 9.98 Å². The number of phenolic OH excluding ortho intramolecular Hbond substituents is 2. The minimum Gasteiger partial charge on any atom is -0.507 e. The highest BCUT2D eigenvalue weighted by Crippen LogP contribution is 2.59. The Kier molecular flexibility index (Phi) is 10.7. The SMILES string of the molecule is CC1(C)CCC(C)(C)c2cc3c(cc21)-c1cc(-c2ccccc2O)c(-c2nccn2-c2ccccc2)cc1-c1cc2c(cc1-c1cc(-c4ccccc4O)c(C4N=C=CN4c4ccccc4)cc1-3)C(C)(C)CCC2(C)C. The zero-order valence-electron chi connectivity index (χ0n) is 44.8. The molecule has 76 heavy (non-hydrogen) atoms. The van der Waals surface area contributed by atoms with Crippen molar-refractivity contribution in [3.05, 3.63) is 204 Å². The minimum atomic E-state index is -0.470. The normalized spacial score (nSPS) is 17.8. The van der Waals surface area contributed by atoms with Crippen molar-refractivity contribution in [2.45, 2.75) is 109 Å². The van der Waals surface area contributed by atoms with E-state index >= 15 is 0 Å². The summed E-state index contributed by atoms with van der Waals surface area (Å²) < 4.78 is 2.16. The Morgan fingerprint density at radius 2 is 0.803 bits per heavy atom. The van der Waals surface area contributed by atoms with E-state index in [1.165, 1.54) is 22.3 Å². The van der Waals surface area contributed by atoms with Crippen LogP contribution in [0.1, 0.15) is 115 Å². The first-order chi connectivity index (χ1) is 36.5. The summed E-state index contributed by atoms with van der Waals surface area (Å²) in [5.74, 6) is 4.47. The lowest BCUT2D eigenvalue weighted by Gasteiger charge is -2.44. The highest BCUT2D eigenvalue weighted by molar-refractivity contribution is 6.08. The number of imidazole rings is 1. The van der Waals surface area contributed by atoms with Gasteiger partial charge in [0, 0.05) is 51.9 Å². The maximum Gasteiger partial charge on any atom is 0.161 e. The standard InChI is InChI=1S/C70H64N4O2/c1-67(2)27-29-69(5,6)61-41-55-52-38-58(66-72-32-34-74(66)44-21-13-10-14-22-44)48(46-24-16-18-26-64(46)76)36-50(52)54-40-60-62(70(7,8)30-28-68(60,3)4)42-56(54)51-37-57(65-71-31-33-73(65)43-19-11-9-12-20-43)47(45-23-15-17-25-63(45)75)35-49(51)53(55)39-59(61)67/h9-26,31,33-42,66,75-76H,27-30H2,1-8H3. The molecule has 1 aromatic heterocycles. The molecule has 8 aromatic carbocycles. The largest absolute Gasteiger partial charge is 0.507 e. The van der Waals surface area contributed by atoms with Gasteiger partial charge in [-0.3, -0.25) is 4.57 Å². The number of rotatable bonds is 6. The number of fused-ring (bicyclic) bond motifs is 10. The fraction of sp³-hybridized carbons (Fsp3) is 0.243. The van der Waals surface area contributed by atoms with Crippen molar-refractivity contribution >= 4 is 11.6 Å². The molecule has 3 aliphatic carbocycles. The maximum absolute atomic E-state index is 12.0. The van der Waals surface area contributed by atoms with Crippen LogP contribution in [0.15, 0.2) is 181 Å². The molecular weight excluding hydrogens is 929 g/mol. The summed E-state index contributed by atoms with van der Waals surface area (Å²) in [7, 11) is 0. The van der Waals surface area contributed by atoms with Gasteiger partial charge in [0.15, 0.2) is 6.17 Å². The number of phenols is 2. The predicted octanol–water partition coefficient (Wildman–Crippen LogP) is 17.7. The number of aliphatic imine (C=N–C) groups is 1. The Hall–Kier alpha value is -8.18. The van der Waals surface area contributed by atoms with Crippen molar-refractivity contribution in [1.29, 1.82) is 0 Å². The molecule has 1 atom stereocenters. The van der Waals surface area contributed by atoms with Gasteiger partial charge < -0.3 is 15.1 Å². The first-order valence-electron chi connectivity index (χ1n) is 27.0. The topological polar surface area (TPSA) is 73.9 Å². The van der Waals surface area contributed by atoms with E-state index in [0.29, 0.717) is 0 Å². The van der Waals surface area contributed by atoms with Crippen LogP contribution >= 0.6 is 0 Å². The van der Waals surface area contributed by atoms with Crippen molar-refractivity contribution in [3.63, 3.8) is 0 Å². The van der Waals surface area contributed by atoms with Gasteiger partial charge >= 0.3 is 0 Å². The first kappa shape index (κ1) is 47.5. The van der Waals surface area contributed by atoms with Crippen molar-refractivity contribution in [3.8, 4) is 95.3 Å². The van der Waals surface area contributed by atoms with Crippen LogP contribution in [0.25, 0.3) is 83.8 Å². The monoisotopic (exact) mass is 993 g/mol. The summed E-state index contributed by atoms with van der Waals surface area (Å²) >= 11 is 0. The Bertz CT molecular complexity index is 3880. The molecule has 4 aliphatic rings. The van der Waals surface area contributed by atoms with Gasteiger partial charge in [-0.15, -0.1) is 0 Å². The molecule has 6 heteroatoms. The average Bonchev–Trinajstić information content (AvgIpc) is 4.25. The third-order valence-electron chi connectivity index (χ3n) is 17.8. The van der Waals surface area contributed by atoms with Crippen molar-refractivity contribution in [2.75, 3.05) is 4.90 Å². The molecule has 2 heterocycles. The van der Waals surface area contributed by atoms with E-state index in [-0.39, 0.29) is 33.2 Å². The van der Waals surface area contributed by atoms with Crippen LogP contribution in [-0.2, 0) is 21.7 Å². The minimum absolute atomic E-state index is 0.0977. The lowest BCUT2D eigenvalue weighted by molar-refractivity contribution is 0.332. The summed E-state index contributed by atoms with van der Waals surface area (Å²) in [6.07, 6.45) is 9.65. The van der Waals surface area contributed by atoms with E-state index in [9.17, 15) is 10.2 Å². The summed E-state index contributed by atoms with van der Waals surface area (Å²) in [5.41, 5.74) is 21.2. The molecule has 1 aliphatic heterocycles. The number of anilines is 1. The number of aromatic hydroxyl groups is 2. The second-order valence-electron chi connectivity index (χ2n) is 24.3. The van der Waals surface area contributed by atoms with E-state index in [1.807, 2.05) is 67.1 Å². The molecule has 0 saturated carbocycles. The van der Waals surface area contributed by atoms with E-state index < -0.39 is 6.17 Å². The van der Waals surface area contributed by atoms with Crippen LogP contribution in [0.5, 0.6) is 11.5 Å². The molecule has 0 saturated heterocycles. The molecule has 13 rings (SSSR count). The van der Waals surface area contributed by atoms with Gasteiger partial charge in [-0.2, -0.15) is 0 Å². The van der Waals surface area contributed by atoms with Crippen molar-refractivity contribution in [1.82, 2.24) is 9.55 Å². The number of hydrogen-bond donors (Lipinski definition) is 2. The number of hydrogen-bond acceptors (Lipinski definition) is 5. The molecule has 0 bridgehead atoms. The first-order valence-corrected chi connectivity index (χ1v) is 27.0. The molecule has 0 radical (unpaired) electrons. The van der Waals surface area contributed by atoms with Gasteiger partial charge in [-0.05, 0) is 210 Å². The van der Waals surface area contributed by atoms with E-state index in [4.69, 9.17) is 9.98 Å². The molecule has 376 valence electrons. The van der Waals surface area contributed by atoms with Crippen LogP contribution in [0.3, 0.4) is 0 Å². The maximum atomic E-state index is 12.0. The van der Waals surface area contributed by atoms with Gasteiger partial charge in [-0.1, -0.05) is 128 Å². The van der Waals surface area contributed by atoms with E-state index in [1.54, 1.807) is 12.1 Å². The average molecular weight is 993 g/mol. The van der Waals surface area contributed by atoms with Gasteiger partial charge in [0.05, 0.1) is 6.20 Å². The smallest absolute Gasteiger partial charge is 0.161 e. The summed E-state index contributed by atoms with van der Waals surface area (Å²) in [5, 5.41) is 24.0. The highest BCUT2D eigenvalue weighted by atomic mass is 16.3. The van der Waals surface area contributed by atoms with Gasteiger partial charge in [0.1, 0.15) is 17.3 Å². The van der Waals surface area contributed by atoms with E-state index in [2.05, 4.69) is 168 Å². The van der Waals surface area contributed by atoms with Crippen LogP contribution in [0.4, 0.5) is 5.69 Å². The predicted molar refractivity (Wildman–Crippen MR) is 313 cm³/mol. The molecular formula is C70H64N4O2. The number of para-hydroxylation sites is 4. The quantitative estimate of drug-likeness (QED) is 0.174. The molecule has 6 nitrogen and oxygen atoms in total. The van der Waals surface area contributed by atoms with Gasteiger partial charge in [0.2, 0.25) is 0 Å². The van der Waals surface area contributed by atoms with Crippen LogP contribution in [-0.4, -0.2) is 25.6 Å². The molecule has 0 fully saturated rings. The highest BCUT2D eigenvalue weighted by Gasteiger charge is 2.42. The summed E-state index contributed by atoms with van der Waals surface area (Å²) in [6.45, 7) is 19.3. The number of benzene rings is 8. The fourth-order valence-electron chi connectivity index (χ4n) is 13.1. The molecule has 1 unspecified atom stereocenters. The zero-order valence-corrected chi connectivity index (χ0v) is 44.8. The number of nitrogens with zero attached hydrogens (tertiary/aromatic N) is 4. The molecule has 2 N–H and O–H groups in total. The Labute approximate surface area is 447 Å². The third kappa shape index (κ3) is 7.52. The van der Waals surface area contributed by atoms with Crippen LogP contribution in [0.2, 0.25) is 0 Å². The lowest BCUT2D eigenvalue weighted by atomic mass is 9.61. The number of aromatic nitrogens is 2. The van der Waals surface area contributed by atoms with E-state index in [0.717, 1.165) is 121 Å². The molecule has 0 spiro atoms. The summed E-state index contributed by atoms with van der Waals surface area (Å²) in [6, 6.07) is 55.9. The Balaban J connectivity index is 1.23.